The summed E-state index contributed by atoms with van der Waals surface area (Å²) in [4.78, 5) is 28.6. The summed E-state index contributed by atoms with van der Waals surface area (Å²) in [6, 6.07) is 29.2. The lowest BCUT2D eigenvalue weighted by Crippen LogP contribution is -2.29. The molecule has 0 radical (unpaired) electrons. The molecule has 4 aromatic carbocycles. The summed E-state index contributed by atoms with van der Waals surface area (Å²) in [7, 11) is 1.54. The minimum absolute atomic E-state index is 0.0455. The number of amides is 1. The van der Waals surface area contributed by atoms with Crippen molar-refractivity contribution < 1.29 is 24.2 Å². The van der Waals surface area contributed by atoms with Crippen molar-refractivity contribution in [2.75, 3.05) is 12.0 Å². The Hall–Kier alpha value is -4.93. The van der Waals surface area contributed by atoms with Crippen LogP contribution in [0, 0.1) is 13.8 Å². The molecule has 10 heteroatoms. The van der Waals surface area contributed by atoms with Crippen LogP contribution in [0.25, 0.3) is 5.76 Å². The molecule has 0 bridgehead atoms. The lowest BCUT2D eigenvalue weighted by molar-refractivity contribution is -0.132. The van der Waals surface area contributed by atoms with Gasteiger partial charge < -0.3 is 14.6 Å². The van der Waals surface area contributed by atoms with Crippen LogP contribution >= 0.6 is 23.1 Å². The Morgan fingerprint density at radius 2 is 1.67 bits per heavy atom. The number of carbonyl (C=O) groups is 2. The van der Waals surface area contributed by atoms with Crippen LogP contribution < -0.4 is 14.4 Å². The van der Waals surface area contributed by atoms with Crippen molar-refractivity contribution in [2.24, 2.45) is 0 Å². The number of hydrogen-bond donors (Lipinski definition) is 1. The summed E-state index contributed by atoms with van der Waals surface area (Å²) >= 11 is 2.73. The molecule has 232 valence electrons. The molecule has 1 fully saturated rings. The third kappa shape index (κ3) is 6.54. The van der Waals surface area contributed by atoms with Gasteiger partial charge in [0.05, 0.1) is 18.7 Å². The number of aliphatic hydroxyl groups is 1. The molecule has 0 saturated carbocycles. The van der Waals surface area contributed by atoms with Crippen molar-refractivity contribution in [1.82, 2.24) is 10.2 Å². The van der Waals surface area contributed by atoms with Gasteiger partial charge in [-0.3, -0.25) is 14.5 Å². The fraction of sp³-hybridized carbons (Fsp3) is 0.167. The van der Waals surface area contributed by atoms with Crippen molar-refractivity contribution >= 4 is 45.7 Å². The molecule has 46 heavy (non-hydrogen) atoms. The number of Topliss-reactive ketones (excluding diaryl/α,β-unsaturated/α-hetero) is 1. The molecule has 5 aromatic rings. The standard InChI is InChI=1S/C36H31N3O5S2/c1-22-11-13-24(14-12-22)21-45-36-38-37-35(46-36)39-31(26-9-6-10-29(19-26)43-3)30(33(41)34(39)42)32(40)25-15-17-28(18-16-25)44-20-27-8-5-4-7-23(27)2/h4-19,31,40H,20-21H2,1-3H3/b32-30+. The third-order valence-corrected chi connectivity index (χ3v) is 9.85. The van der Waals surface area contributed by atoms with Crippen LogP contribution in [-0.4, -0.2) is 34.1 Å². The van der Waals surface area contributed by atoms with Gasteiger partial charge >= 0.3 is 5.91 Å². The number of hydrogen-bond acceptors (Lipinski definition) is 9. The van der Waals surface area contributed by atoms with Gasteiger partial charge in [-0.15, -0.1) is 10.2 Å². The zero-order valence-electron chi connectivity index (χ0n) is 25.5. The van der Waals surface area contributed by atoms with Crippen LogP contribution in [0.15, 0.2) is 107 Å². The number of ketones is 1. The van der Waals surface area contributed by atoms with Gasteiger partial charge in [0.15, 0.2) is 4.34 Å². The molecule has 0 aliphatic carbocycles. The van der Waals surface area contributed by atoms with E-state index in [1.165, 1.54) is 33.6 Å². The van der Waals surface area contributed by atoms with E-state index in [1.54, 1.807) is 55.6 Å². The zero-order chi connectivity index (χ0) is 32.2. The van der Waals surface area contributed by atoms with Crippen molar-refractivity contribution in [3.8, 4) is 11.5 Å². The lowest BCUT2D eigenvalue weighted by Gasteiger charge is -2.23. The number of aromatic nitrogens is 2. The Bertz CT molecular complexity index is 1920. The molecule has 2 heterocycles. The average molecular weight is 650 g/mol. The summed E-state index contributed by atoms with van der Waals surface area (Å²) in [5, 5.41) is 20.4. The second kappa shape index (κ2) is 13.6. The Morgan fingerprint density at radius 1 is 0.913 bits per heavy atom. The Morgan fingerprint density at radius 3 is 2.41 bits per heavy atom. The Kier molecular flexibility index (Phi) is 9.18. The zero-order valence-corrected chi connectivity index (χ0v) is 27.1. The molecule has 1 aliphatic rings. The van der Waals surface area contributed by atoms with Gasteiger partial charge in [0.1, 0.15) is 23.9 Å². The topological polar surface area (TPSA) is 102 Å². The van der Waals surface area contributed by atoms with E-state index in [0.717, 1.165) is 16.7 Å². The predicted molar refractivity (Wildman–Crippen MR) is 180 cm³/mol. The van der Waals surface area contributed by atoms with E-state index in [-0.39, 0.29) is 16.5 Å². The maximum atomic E-state index is 13.6. The fourth-order valence-corrected chi connectivity index (χ4v) is 6.97. The minimum atomic E-state index is -0.949. The Labute approximate surface area is 275 Å². The normalized spacial score (nSPS) is 15.7. The molecule has 1 saturated heterocycles. The van der Waals surface area contributed by atoms with Gasteiger partial charge in [-0.05, 0) is 72.5 Å². The molecule has 1 aromatic heterocycles. The monoisotopic (exact) mass is 649 g/mol. The van der Waals surface area contributed by atoms with Crippen LogP contribution in [0.5, 0.6) is 11.5 Å². The number of carbonyl (C=O) groups excluding carboxylic acids is 2. The summed E-state index contributed by atoms with van der Waals surface area (Å²) in [6.45, 7) is 4.46. The van der Waals surface area contributed by atoms with Gasteiger partial charge in [-0.2, -0.15) is 0 Å². The summed E-state index contributed by atoms with van der Waals surface area (Å²) in [6.07, 6.45) is 0. The van der Waals surface area contributed by atoms with Gasteiger partial charge in [-0.25, -0.2) is 0 Å². The maximum Gasteiger partial charge on any atom is 0.301 e. The number of methoxy groups -OCH3 is 1. The van der Waals surface area contributed by atoms with Crippen LogP contribution in [0.1, 0.15) is 39.4 Å². The highest BCUT2D eigenvalue weighted by atomic mass is 32.2. The van der Waals surface area contributed by atoms with E-state index in [0.29, 0.717) is 39.3 Å². The quantitative estimate of drug-likeness (QED) is 0.0541. The number of aryl methyl sites for hydroxylation is 2. The summed E-state index contributed by atoms with van der Waals surface area (Å²) < 4.78 is 12.1. The second-order valence-corrected chi connectivity index (χ2v) is 13.0. The number of nitrogens with zero attached hydrogens (tertiary/aromatic N) is 3. The molecule has 6 rings (SSSR count). The number of aliphatic hydroxyl groups excluding tert-OH is 1. The van der Waals surface area contributed by atoms with Crippen LogP contribution in [-0.2, 0) is 21.9 Å². The van der Waals surface area contributed by atoms with Gasteiger partial charge in [0, 0.05) is 11.3 Å². The highest BCUT2D eigenvalue weighted by molar-refractivity contribution is 8.00. The third-order valence-electron chi connectivity index (χ3n) is 7.72. The lowest BCUT2D eigenvalue weighted by atomic mass is 9.95. The minimum Gasteiger partial charge on any atom is -0.507 e. The first-order valence-electron chi connectivity index (χ1n) is 14.6. The van der Waals surface area contributed by atoms with Gasteiger partial charge in [-0.1, -0.05) is 89.3 Å². The Balaban J connectivity index is 1.31. The van der Waals surface area contributed by atoms with Crippen molar-refractivity contribution in [3.05, 3.63) is 136 Å². The van der Waals surface area contributed by atoms with Crippen LogP contribution in [0.2, 0.25) is 0 Å². The van der Waals surface area contributed by atoms with Crippen LogP contribution in [0.3, 0.4) is 0 Å². The molecule has 1 atom stereocenters. The first-order valence-corrected chi connectivity index (χ1v) is 16.4. The summed E-state index contributed by atoms with van der Waals surface area (Å²) in [5.41, 5.74) is 5.43. The van der Waals surface area contributed by atoms with E-state index < -0.39 is 17.7 Å². The number of thioether (sulfide) groups is 1. The second-order valence-electron chi connectivity index (χ2n) is 10.8. The highest BCUT2D eigenvalue weighted by Gasteiger charge is 2.48. The largest absolute Gasteiger partial charge is 0.507 e. The smallest absolute Gasteiger partial charge is 0.301 e. The number of anilines is 1. The predicted octanol–water partition coefficient (Wildman–Crippen LogP) is 7.66. The van der Waals surface area contributed by atoms with E-state index in [1.807, 2.05) is 38.1 Å². The maximum absolute atomic E-state index is 13.6. The SMILES string of the molecule is COc1cccc(C2/C(=C(\O)c3ccc(OCc4ccccc4C)cc3)C(=O)C(=O)N2c2nnc(SCc3ccc(C)cc3)s2)c1. The van der Waals surface area contributed by atoms with Gasteiger partial charge in [0.25, 0.3) is 5.78 Å². The van der Waals surface area contributed by atoms with E-state index in [9.17, 15) is 14.7 Å². The van der Waals surface area contributed by atoms with E-state index in [2.05, 4.69) is 34.5 Å². The molecule has 1 N–H and O–H groups in total. The van der Waals surface area contributed by atoms with Crippen molar-refractivity contribution in [3.63, 3.8) is 0 Å². The average Bonchev–Trinajstić information content (AvgIpc) is 3.65. The van der Waals surface area contributed by atoms with Crippen molar-refractivity contribution in [2.45, 2.75) is 36.6 Å². The molecule has 1 aliphatic heterocycles. The van der Waals surface area contributed by atoms with Crippen LogP contribution in [0.4, 0.5) is 5.13 Å². The molecular weight excluding hydrogens is 619 g/mol. The fourth-order valence-electron chi connectivity index (χ4n) is 5.14. The van der Waals surface area contributed by atoms with Crippen molar-refractivity contribution in [1.29, 1.82) is 0 Å². The molecule has 0 spiro atoms. The van der Waals surface area contributed by atoms with E-state index >= 15 is 0 Å². The molecule has 8 nitrogen and oxygen atoms in total. The first kappa shape index (κ1) is 31.1. The first-order chi connectivity index (χ1) is 22.3. The molecule has 1 unspecified atom stereocenters. The molecular formula is C36H31N3O5S2. The number of ether oxygens (including phenoxy) is 2. The number of rotatable bonds is 10. The molecule has 1 amide bonds. The number of benzene rings is 4. The summed E-state index contributed by atoms with van der Waals surface area (Å²) in [5.74, 6) is -0.0674. The van der Waals surface area contributed by atoms with Gasteiger partial charge in [0.2, 0.25) is 5.13 Å². The highest BCUT2D eigenvalue weighted by Crippen LogP contribution is 2.44. The van der Waals surface area contributed by atoms with E-state index in [4.69, 9.17) is 9.47 Å².